The maximum Gasteiger partial charge on any atom is 0.167 e. The van der Waals surface area contributed by atoms with Crippen molar-refractivity contribution in [1.29, 1.82) is 0 Å². The van der Waals surface area contributed by atoms with Crippen molar-refractivity contribution in [3.8, 4) is 17.1 Å². The van der Waals surface area contributed by atoms with Crippen molar-refractivity contribution in [1.82, 2.24) is 5.16 Å². The predicted molar refractivity (Wildman–Crippen MR) is 66.2 cm³/mol. The average molecular weight is 256 g/mol. The zero-order valence-corrected chi connectivity index (χ0v) is 10.3. The molecular weight excluding hydrogens is 246 g/mol. The van der Waals surface area contributed by atoms with E-state index in [0.29, 0.717) is 22.3 Å². The van der Waals surface area contributed by atoms with Crippen LogP contribution in [0.5, 0.6) is 5.75 Å². The van der Waals surface area contributed by atoms with Gasteiger partial charge in [-0.05, 0) is 18.2 Å². The van der Waals surface area contributed by atoms with Crippen LogP contribution in [0.15, 0.2) is 28.8 Å². The van der Waals surface area contributed by atoms with Crippen LogP contribution in [-0.2, 0) is 5.75 Å². The lowest BCUT2D eigenvalue weighted by Gasteiger charge is -2.03. The van der Waals surface area contributed by atoms with Gasteiger partial charge in [0, 0.05) is 17.4 Å². The number of benzene rings is 1. The summed E-state index contributed by atoms with van der Waals surface area (Å²) >= 11 is 10.1. The largest absolute Gasteiger partial charge is 0.495 e. The number of halogens is 1. The summed E-state index contributed by atoms with van der Waals surface area (Å²) in [7, 11) is 1.58. The maximum atomic E-state index is 6.02. The molecule has 2 aromatic rings. The Morgan fingerprint density at radius 1 is 1.44 bits per heavy atom. The minimum Gasteiger partial charge on any atom is -0.495 e. The Bertz CT molecular complexity index is 498. The Kier molecular flexibility index (Phi) is 3.41. The molecule has 16 heavy (non-hydrogen) atoms. The highest BCUT2D eigenvalue weighted by Gasteiger charge is 2.08. The summed E-state index contributed by atoms with van der Waals surface area (Å²) in [5.41, 5.74) is 1.66. The molecule has 5 heteroatoms. The maximum absolute atomic E-state index is 6.02. The number of nitrogens with zero attached hydrogens (tertiary/aromatic N) is 1. The molecule has 0 aliphatic rings. The van der Waals surface area contributed by atoms with Gasteiger partial charge in [0.1, 0.15) is 5.75 Å². The molecule has 0 aliphatic carbocycles. The minimum atomic E-state index is 0.545. The fourth-order valence-corrected chi connectivity index (χ4v) is 1.75. The van der Waals surface area contributed by atoms with Crippen molar-refractivity contribution in [2.75, 3.05) is 7.11 Å². The van der Waals surface area contributed by atoms with Crippen LogP contribution < -0.4 is 4.74 Å². The number of thiol groups is 1. The molecule has 0 saturated heterocycles. The number of ether oxygens (including phenoxy) is 1. The number of hydrogen-bond donors (Lipinski definition) is 1. The predicted octanol–water partition coefficient (Wildman–Crippen LogP) is 3.43. The minimum absolute atomic E-state index is 0.545. The highest BCUT2D eigenvalue weighted by molar-refractivity contribution is 7.79. The van der Waals surface area contributed by atoms with Crippen LogP contribution in [0.3, 0.4) is 0 Å². The van der Waals surface area contributed by atoms with E-state index < -0.39 is 0 Å². The van der Waals surface area contributed by atoms with Crippen molar-refractivity contribution in [3.63, 3.8) is 0 Å². The van der Waals surface area contributed by atoms with Crippen molar-refractivity contribution in [2.24, 2.45) is 0 Å². The first-order valence-electron chi connectivity index (χ1n) is 4.65. The molecule has 84 valence electrons. The van der Waals surface area contributed by atoms with Crippen molar-refractivity contribution < 1.29 is 9.26 Å². The third kappa shape index (κ3) is 2.18. The van der Waals surface area contributed by atoms with Gasteiger partial charge in [0.15, 0.2) is 5.76 Å². The first-order valence-corrected chi connectivity index (χ1v) is 5.66. The normalized spacial score (nSPS) is 10.4. The van der Waals surface area contributed by atoms with Crippen molar-refractivity contribution >= 4 is 24.2 Å². The van der Waals surface area contributed by atoms with Crippen LogP contribution in [0, 0.1) is 0 Å². The van der Waals surface area contributed by atoms with Crippen molar-refractivity contribution in [2.45, 2.75) is 5.75 Å². The van der Waals surface area contributed by atoms with Gasteiger partial charge in [-0.2, -0.15) is 12.6 Å². The van der Waals surface area contributed by atoms with E-state index >= 15 is 0 Å². The highest BCUT2D eigenvalue weighted by atomic mass is 35.5. The Morgan fingerprint density at radius 3 is 2.81 bits per heavy atom. The second-order valence-electron chi connectivity index (χ2n) is 3.19. The molecule has 1 aromatic carbocycles. The summed E-state index contributed by atoms with van der Waals surface area (Å²) in [5, 5.41) is 4.40. The number of hydrogen-bond acceptors (Lipinski definition) is 4. The summed E-state index contributed by atoms with van der Waals surface area (Å²) in [4.78, 5) is 0. The molecule has 0 atom stereocenters. The lowest BCUT2D eigenvalue weighted by molar-refractivity contribution is 0.414. The van der Waals surface area contributed by atoms with Gasteiger partial charge in [-0.15, -0.1) is 0 Å². The molecular formula is C11H10ClNO2S. The smallest absolute Gasteiger partial charge is 0.167 e. The Hall–Kier alpha value is -1.13. The quantitative estimate of drug-likeness (QED) is 0.854. The summed E-state index contributed by atoms with van der Waals surface area (Å²) in [6, 6.07) is 7.28. The van der Waals surface area contributed by atoms with E-state index in [-0.39, 0.29) is 0 Å². The second-order valence-corrected chi connectivity index (χ2v) is 3.91. The summed E-state index contributed by atoms with van der Waals surface area (Å²) < 4.78 is 10.2. The van der Waals surface area contributed by atoms with Crippen LogP contribution in [0.1, 0.15) is 5.69 Å². The molecule has 0 radical (unpaired) electrons. The van der Waals surface area contributed by atoms with Crippen molar-refractivity contribution in [3.05, 3.63) is 35.0 Å². The lowest BCUT2D eigenvalue weighted by Crippen LogP contribution is -1.84. The van der Waals surface area contributed by atoms with Crippen LogP contribution in [0.2, 0.25) is 5.02 Å². The van der Waals surface area contributed by atoms with Gasteiger partial charge in [0.2, 0.25) is 0 Å². The zero-order valence-electron chi connectivity index (χ0n) is 8.61. The SMILES string of the molecule is COc1ccc(-c2cc(CS)no2)cc1Cl. The zero-order chi connectivity index (χ0) is 11.5. The monoisotopic (exact) mass is 255 g/mol. The Labute approximate surface area is 104 Å². The van der Waals surface area contributed by atoms with E-state index in [1.54, 1.807) is 19.2 Å². The molecule has 0 saturated carbocycles. The molecule has 1 heterocycles. The fourth-order valence-electron chi connectivity index (χ4n) is 1.34. The van der Waals surface area contributed by atoms with Crippen LogP contribution in [-0.4, -0.2) is 12.3 Å². The molecule has 1 aromatic heterocycles. The standard InChI is InChI=1S/C11H10ClNO2S/c1-14-10-3-2-7(4-9(10)12)11-5-8(6-16)13-15-11/h2-5,16H,6H2,1H3. The molecule has 0 fully saturated rings. The van der Waals surface area contributed by atoms with Gasteiger partial charge < -0.3 is 9.26 Å². The fraction of sp³-hybridized carbons (Fsp3) is 0.182. The Balaban J connectivity index is 2.37. The first-order chi connectivity index (χ1) is 7.74. The molecule has 0 spiro atoms. The Morgan fingerprint density at radius 2 is 2.25 bits per heavy atom. The molecule has 0 amide bonds. The van der Waals surface area contributed by atoms with E-state index in [1.165, 1.54) is 0 Å². The van der Waals surface area contributed by atoms with Gasteiger partial charge in [-0.25, -0.2) is 0 Å². The van der Waals surface area contributed by atoms with Gasteiger partial charge in [0.25, 0.3) is 0 Å². The number of aromatic nitrogens is 1. The first kappa shape index (κ1) is 11.4. The number of methoxy groups -OCH3 is 1. The van der Waals surface area contributed by atoms with E-state index in [4.69, 9.17) is 20.9 Å². The molecule has 0 bridgehead atoms. The second kappa shape index (κ2) is 4.80. The van der Waals surface area contributed by atoms with E-state index in [0.717, 1.165) is 11.3 Å². The molecule has 3 nitrogen and oxygen atoms in total. The third-order valence-electron chi connectivity index (χ3n) is 2.16. The van der Waals surface area contributed by atoms with Crippen LogP contribution in [0.4, 0.5) is 0 Å². The topological polar surface area (TPSA) is 35.3 Å². The lowest BCUT2D eigenvalue weighted by atomic mass is 10.1. The highest BCUT2D eigenvalue weighted by Crippen LogP contribution is 2.30. The van der Waals surface area contributed by atoms with E-state index in [1.807, 2.05) is 12.1 Å². The molecule has 0 N–H and O–H groups in total. The van der Waals surface area contributed by atoms with E-state index in [9.17, 15) is 0 Å². The molecule has 2 rings (SSSR count). The molecule has 0 unspecified atom stereocenters. The van der Waals surface area contributed by atoms with Gasteiger partial charge in [-0.1, -0.05) is 16.8 Å². The van der Waals surface area contributed by atoms with E-state index in [2.05, 4.69) is 17.8 Å². The summed E-state index contributed by atoms with van der Waals surface area (Å²) in [6.45, 7) is 0. The van der Waals surface area contributed by atoms with Gasteiger partial charge >= 0.3 is 0 Å². The third-order valence-corrected chi connectivity index (χ3v) is 2.78. The van der Waals surface area contributed by atoms with Gasteiger partial charge in [0.05, 0.1) is 17.8 Å². The molecule has 0 aliphatic heterocycles. The summed E-state index contributed by atoms with van der Waals surface area (Å²) in [6.07, 6.45) is 0. The summed E-state index contributed by atoms with van der Waals surface area (Å²) in [5.74, 6) is 1.86. The van der Waals surface area contributed by atoms with Gasteiger partial charge in [-0.3, -0.25) is 0 Å². The average Bonchev–Trinajstić information content (AvgIpc) is 2.77. The number of rotatable bonds is 3. The van der Waals surface area contributed by atoms with Crippen LogP contribution >= 0.6 is 24.2 Å². The van der Waals surface area contributed by atoms with Crippen LogP contribution in [0.25, 0.3) is 11.3 Å².